The molecular weight excluding hydrogens is 246 g/mol. The average Bonchev–Trinajstić information content (AvgIpc) is 2.93. The summed E-state index contributed by atoms with van der Waals surface area (Å²) in [5.74, 6) is -0.853. The number of aromatic nitrogens is 2. The standard InChI is InChI=1S/C13H11N3O3/c1-15-7-9(6-14-15)8-19-16-12(17)10-4-2-3-5-11(10)13(16)18/h2-7H,8H2,1H3. The smallest absolute Gasteiger partial charge is 0.275 e. The molecule has 6 heteroatoms. The van der Waals surface area contributed by atoms with Crippen molar-refractivity contribution in [3.8, 4) is 0 Å². The van der Waals surface area contributed by atoms with Gasteiger partial charge >= 0.3 is 0 Å². The summed E-state index contributed by atoms with van der Waals surface area (Å²) in [6.07, 6.45) is 3.39. The van der Waals surface area contributed by atoms with Gasteiger partial charge in [0, 0.05) is 18.8 Å². The van der Waals surface area contributed by atoms with Crippen molar-refractivity contribution in [3.63, 3.8) is 0 Å². The van der Waals surface area contributed by atoms with Crippen LogP contribution in [0.25, 0.3) is 0 Å². The van der Waals surface area contributed by atoms with Gasteiger partial charge in [-0.2, -0.15) is 5.10 Å². The first kappa shape index (κ1) is 11.6. The van der Waals surface area contributed by atoms with E-state index >= 15 is 0 Å². The van der Waals surface area contributed by atoms with Gasteiger partial charge in [-0.15, -0.1) is 5.06 Å². The lowest BCUT2D eigenvalue weighted by Gasteiger charge is -2.12. The molecule has 2 aromatic rings. The predicted molar refractivity (Wildman–Crippen MR) is 64.9 cm³/mol. The van der Waals surface area contributed by atoms with Gasteiger partial charge in [0.1, 0.15) is 6.61 Å². The fourth-order valence-electron chi connectivity index (χ4n) is 1.97. The Morgan fingerprint density at radius 1 is 1.16 bits per heavy atom. The first-order chi connectivity index (χ1) is 9.16. The minimum absolute atomic E-state index is 0.124. The van der Waals surface area contributed by atoms with E-state index in [0.29, 0.717) is 11.1 Å². The van der Waals surface area contributed by atoms with Crippen molar-refractivity contribution in [2.75, 3.05) is 0 Å². The van der Waals surface area contributed by atoms with Crippen molar-refractivity contribution in [1.82, 2.24) is 14.8 Å². The normalized spacial score (nSPS) is 14.1. The van der Waals surface area contributed by atoms with Gasteiger partial charge in [-0.3, -0.25) is 19.1 Å². The van der Waals surface area contributed by atoms with Crippen LogP contribution in [-0.4, -0.2) is 26.7 Å². The Balaban J connectivity index is 1.77. The quantitative estimate of drug-likeness (QED) is 0.774. The molecule has 1 aromatic heterocycles. The molecule has 0 saturated heterocycles. The summed E-state index contributed by atoms with van der Waals surface area (Å²) < 4.78 is 1.63. The zero-order chi connectivity index (χ0) is 13.4. The maximum atomic E-state index is 12.0. The second-order valence-electron chi connectivity index (χ2n) is 4.25. The molecule has 0 N–H and O–H groups in total. The highest BCUT2D eigenvalue weighted by atomic mass is 16.7. The Kier molecular flexibility index (Phi) is 2.64. The molecule has 0 saturated carbocycles. The number of imide groups is 1. The molecule has 6 nitrogen and oxygen atoms in total. The summed E-state index contributed by atoms with van der Waals surface area (Å²) in [5, 5.41) is 4.79. The number of nitrogens with zero attached hydrogens (tertiary/aromatic N) is 3. The Labute approximate surface area is 109 Å². The van der Waals surface area contributed by atoms with E-state index in [1.54, 1.807) is 48.4 Å². The first-order valence-corrected chi connectivity index (χ1v) is 5.75. The summed E-state index contributed by atoms with van der Waals surface area (Å²) in [6.45, 7) is 0.124. The van der Waals surface area contributed by atoms with Gasteiger partial charge in [0.15, 0.2) is 0 Å². The van der Waals surface area contributed by atoms with Crippen LogP contribution in [0.1, 0.15) is 26.3 Å². The Morgan fingerprint density at radius 2 is 1.79 bits per heavy atom. The van der Waals surface area contributed by atoms with Gasteiger partial charge in [0.2, 0.25) is 0 Å². The maximum absolute atomic E-state index is 12.0. The number of fused-ring (bicyclic) bond motifs is 1. The molecule has 2 heterocycles. The Morgan fingerprint density at radius 3 is 2.32 bits per heavy atom. The van der Waals surface area contributed by atoms with E-state index in [2.05, 4.69) is 5.10 Å². The molecule has 3 rings (SSSR count). The summed E-state index contributed by atoms with van der Waals surface area (Å²) in [6, 6.07) is 6.66. The van der Waals surface area contributed by atoms with Crippen molar-refractivity contribution in [2.45, 2.75) is 6.61 Å². The van der Waals surface area contributed by atoms with Crippen LogP contribution in [0.2, 0.25) is 0 Å². The molecule has 1 aliphatic heterocycles. The number of carbonyl (C=O) groups is 2. The fraction of sp³-hybridized carbons (Fsp3) is 0.154. The van der Waals surface area contributed by atoms with E-state index in [1.165, 1.54) is 0 Å². The molecule has 0 atom stereocenters. The second kappa shape index (κ2) is 4.33. The van der Waals surface area contributed by atoms with E-state index in [-0.39, 0.29) is 6.61 Å². The summed E-state index contributed by atoms with van der Waals surface area (Å²) in [4.78, 5) is 29.3. The number of carbonyl (C=O) groups excluding carboxylic acids is 2. The summed E-state index contributed by atoms with van der Waals surface area (Å²) >= 11 is 0. The van der Waals surface area contributed by atoms with E-state index < -0.39 is 11.8 Å². The van der Waals surface area contributed by atoms with Crippen LogP contribution < -0.4 is 0 Å². The lowest BCUT2D eigenvalue weighted by molar-refractivity contribution is -0.101. The monoisotopic (exact) mass is 257 g/mol. The number of benzene rings is 1. The van der Waals surface area contributed by atoms with Crippen molar-refractivity contribution in [3.05, 3.63) is 53.3 Å². The minimum atomic E-state index is -0.426. The van der Waals surface area contributed by atoms with Gasteiger partial charge < -0.3 is 0 Å². The van der Waals surface area contributed by atoms with Gasteiger partial charge in [-0.05, 0) is 12.1 Å². The highest BCUT2D eigenvalue weighted by Crippen LogP contribution is 2.23. The Bertz CT molecular complexity index is 628. The molecule has 0 bridgehead atoms. The maximum Gasteiger partial charge on any atom is 0.285 e. The largest absolute Gasteiger partial charge is 0.285 e. The van der Waals surface area contributed by atoms with Gasteiger partial charge in [0.05, 0.1) is 17.3 Å². The van der Waals surface area contributed by atoms with Crippen LogP contribution in [0.4, 0.5) is 0 Å². The molecule has 0 fully saturated rings. The van der Waals surface area contributed by atoms with Gasteiger partial charge in [-0.1, -0.05) is 12.1 Å². The number of aryl methyl sites for hydroxylation is 1. The van der Waals surface area contributed by atoms with Crippen LogP contribution in [0.3, 0.4) is 0 Å². The van der Waals surface area contributed by atoms with E-state index in [1.807, 2.05) is 0 Å². The molecule has 1 aromatic carbocycles. The van der Waals surface area contributed by atoms with Crippen LogP contribution in [0.5, 0.6) is 0 Å². The lowest BCUT2D eigenvalue weighted by atomic mass is 10.1. The Hall–Kier alpha value is -2.47. The third kappa shape index (κ3) is 1.92. The first-order valence-electron chi connectivity index (χ1n) is 5.75. The third-order valence-electron chi connectivity index (χ3n) is 2.88. The van der Waals surface area contributed by atoms with Gasteiger partial charge in [0.25, 0.3) is 11.8 Å². The molecule has 2 amide bonds. The SMILES string of the molecule is Cn1cc(CON2C(=O)c3ccccc3C2=O)cn1. The molecule has 19 heavy (non-hydrogen) atoms. The van der Waals surface area contributed by atoms with Crippen LogP contribution in [-0.2, 0) is 18.5 Å². The van der Waals surface area contributed by atoms with Crippen molar-refractivity contribution < 1.29 is 14.4 Å². The topological polar surface area (TPSA) is 64.4 Å². The molecule has 0 spiro atoms. The predicted octanol–water partition coefficient (Wildman–Crippen LogP) is 1.15. The molecule has 0 radical (unpaired) electrons. The van der Waals surface area contributed by atoms with Crippen LogP contribution in [0.15, 0.2) is 36.7 Å². The molecular formula is C13H11N3O3. The molecule has 96 valence electrons. The number of hydrogen-bond donors (Lipinski definition) is 0. The van der Waals surface area contributed by atoms with Crippen LogP contribution >= 0.6 is 0 Å². The number of rotatable bonds is 3. The van der Waals surface area contributed by atoms with E-state index in [9.17, 15) is 9.59 Å². The van der Waals surface area contributed by atoms with Crippen LogP contribution in [0, 0.1) is 0 Å². The molecule has 0 aliphatic carbocycles. The summed E-state index contributed by atoms with van der Waals surface area (Å²) in [5.41, 5.74) is 1.54. The number of hydrogen-bond acceptors (Lipinski definition) is 4. The summed E-state index contributed by atoms with van der Waals surface area (Å²) in [7, 11) is 1.78. The zero-order valence-electron chi connectivity index (χ0n) is 10.2. The molecule has 1 aliphatic rings. The number of amides is 2. The van der Waals surface area contributed by atoms with Crippen molar-refractivity contribution in [2.24, 2.45) is 7.05 Å². The van der Waals surface area contributed by atoms with E-state index in [0.717, 1.165) is 10.6 Å². The van der Waals surface area contributed by atoms with E-state index in [4.69, 9.17) is 4.84 Å². The second-order valence-corrected chi connectivity index (χ2v) is 4.25. The average molecular weight is 257 g/mol. The van der Waals surface area contributed by atoms with Crippen molar-refractivity contribution in [1.29, 1.82) is 0 Å². The molecule has 0 unspecified atom stereocenters. The number of hydroxylamine groups is 2. The zero-order valence-corrected chi connectivity index (χ0v) is 10.2. The van der Waals surface area contributed by atoms with Gasteiger partial charge in [-0.25, -0.2) is 0 Å². The fourth-order valence-corrected chi connectivity index (χ4v) is 1.97. The van der Waals surface area contributed by atoms with Crippen molar-refractivity contribution >= 4 is 11.8 Å². The minimum Gasteiger partial charge on any atom is -0.275 e. The highest BCUT2D eigenvalue weighted by molar-refractivity contribution is 6.20. The third-order valence-corrected chi connectivity index (χ3v) is 2.88. The lowest BCUT2D eigenvalue weighted by Crippen LogP contribution is -2.29. The highest BCUT2D eigenvalue weighted by Gasteiger charge is 2.36.